The lowest BCUT2D eigenvalue weighted by Gasteiger charge is -2.30. The second-order valence-corrected chi connectivity index (χ2v) is 8.85. The predicted molar refractivity (Wildman–Crippen MR) is 111 cm³/mol. The highest BCUT2D eigenvalue weighted by Crippen LogP contribution is 2.23. The number of hydrogen-bond acceptors (Lipinski definition) is 3. The summed E-state index contributed by atoms with van der Waals surface area (Å²) in [7, 11) is -0.762. The highest BCUT2D eigenvalue weighted by Gasteiger charge is 2.26. The van der Waals surface area contributed by atoms with Gasteiger partial charge in [0.05, 0.1) is 6.54 Å². The molecule has 0 amide bonds. The molecule has 1 aliphatic rings. The van der Waals surface area contributed by atoms with Crippen LogP contribution in [-0.2, 0) is 17.3 Å². The molecule has 2 rings (SSSR count). The first-order valence-electron chi connectivity index (χ1n) is 9.93. The molecule has 8 heteroatoms. The Morgan fingerprint density at radius 3 is 2.89 bits per heavy atom. The molecule has 0 saturated heterocycles. The molecule has 1 aliphatic carbocycles. The Bertz CT molecular complexity index is 658. The maximum absolute atomic E-state index is 12.3. The molecule has 0 spiro atoms. The monoisotopic (exact) mass is 415 g/mol. The van der Waals surface area contributed by atoms with Crippen LogP contribution in [-0.4, -0.2) is 46.8 Å². The van der Waals surface area contributed by atoms with Crippen molar-refractivity contribution in [2.45, 2.75) is 63.8 Å². The van der Waals surface area contributed by atoms with Gasteiger partial charge in [0.15, 0.2) is 5.96 Å². The fourth-order valence-electron chi connectivity index (χ4n) is 3.33. The lowest BCUT2D eigenvalue weighted by Crippen LogP contribution is -2.46. The number of nitrogens with one attached hydrogen (secondary N) is 2. The first-order valence-corrected chi connectivity index (χ1v) is 11.3. The van der Waals surface area contributed by atoms with E-state index in [2.05, 4.69) is 15.6 Å². The maximum Gasteiger partial charge on any atom is 0.272 e. The zero-order chi connectivity index (χ0) is 20.4. The van der Waals surface area contributed by atoms with E-state index in [0.717, 1.165) is 37.8 Å². The molecule has 28 heavy (non-hydrogen) atoms. The van der Waals surface area contributed by atoms with Crippen LogP contribution >= 0.6 is 0 Å². The molecule has 0 aromatic heterocycles. The molecule has 0 bridgehead atoms. The number of nitrogens with zero attached hydrogens (tertiary/aromatic N) is 1. The van der Waals surface area contributed by atoms with Gasteiger partial charge in [-0.2, -0.15) is 0 Å². The largest absolute Gasteiger partial charge is 0.488 e. The molecule has 2 N–H and O–H groups in total. The van der Waals surface area contributed by atoms with E-state index in [9.17, 15) is 13.0 Å². The number of guanidine groups is 1. The van der Waals surface area contributed by atoms with E-state index >= 15 is 0 Å². The molecule has 0 heterocycles. The van der Waals surface area contributed by atoms with Crippen LogP contribution in [0.5, 0.6) is 5.75 Å². The van der Waals surface area contributed by atoms with E-state index < -0.39 is 23.8 Å². The lowest BCUT2D eigenvalue weighted by atomic mass is 9.95. The van der Waals surface area contributed by atoms with Crippen molar-refractivity contribution < 1.29 is 17.7 Å². The van der Waals surface area contributed by atoms with Crippen LogP contribution in [0.2, 0.25) is 0 Å². The van der Waals surface area contributed by atoms with Crippen LogP contribution in [0, 0.1) is 0 Å². The first-order chi connectivity index (χ1) is 13.5. The van der Waals surface area contributed by atoms with E-state index in [0.29, 0.717) is 24.0 Å². The Morgan fingerprint density at radius 1 is 1.36 bits per heavy atom. The minimum Gasteiger partial charge on any atom is -0.488 e. The van der Waals surface area contributed by atoms with Gasteiger partial charge in [0.2, 0.25) is 0 Å². The number of rotatable bonds is 9. The topological polar surface area (TPSA) is 62.7 Å². The average molecular weight is 416 g/mol. The van der Waals surface area contributed by atoms with Crippen LogP contribution in [0.3, 0.4) is 0 Å². The quantitative estimate of drug-likeness (QED) is 0.479. The smallest absolute Gasteiger partial charge is 0.272 e. The van der Waals surface area contributed by atoms with Crippen LogP contribution in [0.4, 0.5) is 8.78 Å². The number of ether oxygens (including phenoxy) is 1. The number of aliphatic imine (C=N–C) groups is 1. The summed E-state index contributed by atoms with van der Waals surface area (Å²) in [5.74, 6) is 1.84. The molecule has 1 fully saturated rings. The molecule has 0 radical (unpaired) electrons. The van der Waals surface area contributed by atoms with E-state index in [1.165, 1.54) is 0 Å². The van der Waals surface area contributed by atoms with Gasteiger partial charge in [0, 0.05) is 34.4 Å². The van der Waals surface area contributed by atoms with Crippen LogP contribution in [0.1, 0.15) is 45.1 Å². The van der Waals surface area contributed by atoms with Crippen molar-refractivity contribution in [3.8, 4) is 5.75 Å². The number of benzene rings is 1. The molecule has 1 aromatic carbocycles. The minimum absolute atomic E-state index is 0.253. The van der Waals surface area contributed by atoms with E-state index in [-0.39, 0.29) is 11.3 Å². The summed E-state index contributed by atoms with van der Waals surface area (Å²) in [5, 5.41) is 6.96. The molecule has 158 valence electrons. The third-order valence-electron chi connectivity index (χ3n) is 4.66. The minimum atomic E-state index is -2.49. The van der Waals surface area contributed by atoms with Gasteiger partial charge in [-0.15, -0.1) is 0 Å². The fraction of sp³-hybridized carbons (Fsp3) is 0.650. The van der Waals surface area contributed by atoms with Crippen molar-refractivity contribution >= 4 is 16.8 Å². The molecule has 3 unspecified atom stereocenters. The highest BCUT2D eigenvalue weighted by molar-refractivity contribution is 7.85. The number of halogens is 2. The molecule has 0 aliphatic heterocycles. The van der Waals surface area contributed by atoms with Gasteiger partial charge in [-0.1, -0.05) is 25.5 Å². The van der Waals surface area contributed by atoms with Crippen molar-refractivity contribution in [2.24, 2.45) is 4.99 Å². The average Bonchev–Trinajstić information content (AvgIpc) is 2.70. The number of hydrogen-bond donors (Lipinski definition) is 2. The Balaban J connectivity index is 1.96. The molecule has 1 saturated carbocycles. The Hall–Kier alpha value is -1.70. The van der Waals surface area contributed by atoms with Crippen LogP contribution < -0.4 is 15.4 Å². The van der Waals surface area contributed by atoms with Gasteiger partial charge < -0.3 is 15.4 Å². The Labute approximate surface area is 168 Å². The summed E-state index contributed by atoms with van der Waals surface area (Å²) in [4.78, 5) is 4.62. The molecule has 1 aromatic rings. The zero-order valence-electron chi connectivity index (χ0n) is 16.6. The van der Waals surface area contributed by atoms with Gasteiger partial charge in [-0.25, -0.2) is 13.8 Å². The van der Waals surface area contributed by atoms with Crippen LogP contribution in [0.15, 0.2) is 29.3 Å². The van der Waals surface area contributed by atoms with Crippen molar-refractivity contribution in [1.29, 1.82) is 0 Å². The zero-order valence-corrected chi connectivity index (χ0v) is 17.4. The summed E-state index contributed by atoms with van der Waals surface area (Å²) in [6, 6.07) is 7.32. The molecular formula is C20H31F2N3O2S. The molecule has 5 nitrogen and oxygen atoms in total. The summed E-state index contributed by atoms with van der Waals surface area (Å²) < 4.78 is 41.8. The highest BCUT2D eigenvalue weighted by atomic mass is 32.2. The van der Waals surface area contributed by atoms with E-state index in [1.807, 2.05) is 19.9 Å². The van der Waals surface area contributed by atoms with Gasteiger partial charge >= 0.3 is 0 Å². The SMILES string of the molecule is CCNC(=NCc1cccc(OCC(F)F)c1)NC1CCCC(S(=O)CC)C1. The number of alkyl halides is 2. The van der Waals surface area contributed by atoms with Crippen molar-refractivity contribution in [2.75, 3.05) is 18.9 Å². The van der Waals surface area contributed by atoms with Crippen molar-refractivity contribution in [3.63, 3.8) is 0 Å². The fourth-order valence-corrected chi connectivity index (χ4v) is 4.68. The van der Waals surface area contributed by atoms with Gasteiger partial charge in [0.25, 0.3) is 6.43 Å². The van der Waals surface area contributed by atoms with E-state index in [1.54, 1.807) is 18.2 Å². The van der Waals surface area contributed by atoms with Gasteiger partial charge in [0.1, 0.15) is 12.4 Å². The second-order valence-electron chi connectivity index (χ2n) is 6.84. The molecule has 3 atom stereocenters. The Morgan fingerprint density at radius 2 is 2.18 bits per heavy atom. The van der Waals surface area contributed by atoms with Crippen molar-refractivity contribution in [3.05, 3.63) is 29.8 Å². The van der Waals surface area contributed by atoms with E-state index in [4.69, 9.17) is 4.74 Å². The normalized spacial score (nSPS) is 21.4. The second kappa shape index (κ2) is 12.0. The summed E-state index contributed by atoms with van der Waals surface area (Å²) in [5.41, 5.74) is 0.887. The van der Waals surface area contributed by atoms with Crippen molar-refractivity contribution in [1.82, 2.24) is 10.6 Å². The predicted octanol–water partition coefficient (Wildman–Crippen LogP) is 3.47. The van der Waals surface area contributed by atoms with Gasteiger partial charge in [-0.3, -0.25) is 4.21 Å². The summed E-state index contributed by atoms with van der Waals surface area (Å²) in [6.45, 7) is 4.52. The van der Waals surface area contributed by atoms with Gasteiger partial charge in [-0.05, 0) is 43.9 Å². The Kier molecular flexibility index (Phi) is 9.67. The van der Waals surface area contributed by atoms with Crippen LogP contribution in [0.25, 0.3) is 0 Å². The lowest BCUT2D eigenvalue weighted by molar-refractivity contribution is 0.0818. The molecular weight excluding hydrogens is 384 g/mol. The maximum atomic E-state index is 12.3. The standard InChI is InChI=1S/C20H31F2N3O2S/c1-3-23-20(25-16-8-6-10-18(12-16)28(26)4-2)24-13-15-7-5-9-17(11-15)27-14-19(21)22/h5,7,9,11,16,18-19H,3-4,6,8,10,12-14H2,1-2H3,(H2,23,24,25). The summed E-state index contributed by atoms with van der Waals surface area (Å²) >= 11 is 0. The third kappa shape index (κ3) is 7.73. The summed E-state index contributed by atoms with van der Waals surface area (Å²) in [6.07, 6.45) is 1.53. The third-order valence-corrected chi connectivity index (χ3v) is 6.40. The first kappa shape index (κ1) is 22.6.